The summed E-state index contributed by atoms with van der Waals surface area (Å²) in [6.07, 6.45) is 4.02. The Labute approximate surface area is 138 Å². The summed E-state index contributed by atoms with van der Waals surface area (Å²) in [6.45, 7) is 0.494. The van der Waals surface area contributed by atoms with E-state index in [9.17, 15) is 4.79 Å². The van der Waals surface area contributed by atoms with Crippen LogP contribution in [0, 0.1) is 0 Å². The summed E-state index contributed by atoms with van der Waals surface area (Å²) in [6, 6.07) is 12.8. The van der Waals surface area contributed by atoms with E-state index in [1.165, 1.54) is 0 Å². The molecule has 0 aliphatic heterocycles. The van der Waals surface area contributed by atoms with Gasteiger partial charge in [-0.05, 0) is 36.2 Å². The molecule has 0 aliphatic rings. The van der Waals surface area contributed by atoms with E-state index in [0.29, 0.717) is 23.7 Å². The minimum absolute atomic E-state index is 0.245. The Kier molecular flexibility index (Phi) is 4.68. The number of carbonyl (C=O) groups is 1. The SMILES string of the molecule is O=C(NCCc1cccc(Cl)c1)c1cc(-c2cccnc2)on1. The first-order valence-electron chi connectivity index (χ1n) is 7.12. The lowest BCUT2D eigenvalue weighted by atomic mass is 10.1. The van der Waals surface area contributed by atoms with Gasteiger partial charge in [0.15, 0.2) is 11.5 Å². The van der Waals surface area contributed by atoms with E-state index in [0.717, 1.165) is 11.1 Å². The van der Waals surface area contributed by atoms with Crippen molar-refractivity contribution < 1.29 is 9.32 Å². The molecular weight excluding hydrogens is 314 g/mol. The molecule has 6 heteroatoms. The van der Waals surface area contributed by atoms with Crippen LogP contribution in [0.25, 0.3) is 11.3 Å². The van der Waals surface area contributed by atoms with Gasteiger partial charge in [-0.25, -0.2) is 0 Å². The normalized spacial score (nSPS) is 10.5. The van der Waals surface area contributed by atoms with Crippen molar-refractivity contribution >= 4 is 17.5 Å². The van der Waals surface area contributed by atoms with Gasteiger partial charge in [-0.15, -0.1) is 0 Å². The summed E-state index contributed by atoms with van der Waals surface area (Å²) in [5.74, 6) is 0.240. The number of pyridine rings is 1. The third kappa shape index (κ3) is 3.96. The summed E-state index contributed by atoms with van der Waals surface area (Å²) in [4.78, 5) is 16.1. The fourth-order valence-electron chi connectivity index (χ4n) is 2.13. The maximum atomic E-state index is 12.1. The van der Waals surface area contributed by atoms with E-state index in [1.807, 2.05) is 30.3 Å². The average Bonchev–Trinajstić information content (AvgIpc) is 3.06. The van der Waals surface area contributed by atoms with Crippen LogP contribution in [-0.2, 0) is 6.42 Å². The second kappa shape index (κ2) is 7.07. The number of nitrogens with zero attached hydrogens (tertiary/aromatic N) is 2. The Morgan fingerprint density at radius 2 is 2.13 bits per heavy atom. The van der Waals surface area contributed by atoms with E-state index in [2.05, 4.69) is 15.5 Å². The number of benzene rings is 1. The minimum atomic E-state index is -0.272. The number of nitrogens with one attached hydrogen (secondary N) is 1. The zero-order valence-electron chi connectivity index (χ0n) is 12.2. The van der Waals surface area contributed by atoms with Crippen molar-refractivity contribution in [3.8, 4) is 11.3 Å². The van der Waals surface area contributed by atoms with Crippen LogP contribution >= 0.6 is 11.6 Å². The van der Waals surface area contributed by atoms with Crippen LogP contribution in [0.15, 0.2) is 59.4 Å². The molecule has 2 heterocycles. The molecule has 0 saturated heterocycles. The summed E-state index contributed by atoms with van der Waals surface area (Å²) in [7, 11) is 0. The van der Waals surface area contributed by atoms with Crippen LogP contribution in [0.1, 0.15) is 16.1 Å². The molecular formula is C17H14ClN3O2. The highest BCUT2D eigenvalue weighted by atomic mass is 35.5. The van der Waals surface area contributed by atoms with Gasteiger partial charge in [0.25, 0.3) is 5.91 Å². The highest BCUT2D eigenvalue weighted by Gasteiger charge is 2.13. The second-order valence-corrected chi connectivity index (χ2v) is 5.39. The van der Waals surface area contributed by atoms with E-state index in [-0.39, 0.29) is 11.6 Å². The van der Waals surface area contributed by atoms with Crippen molar-refractivity contribution in [2.75, 3.05) is 6.54 Å². The second-order valence-electron chi connectivity index (χ2n) is 4.95. The topological polar surface area (TPSA) is 68.0 Å². The number of hydrogen-bond acceptors (Lipinski definition) is 4. The highest BCUT2D eigenvalue weighted by molar-refractivity contribution is 6.30. The van der Waals surface area contributed by atoms with Gasteiger partial charge in [-0.3, -0.25) is 9.78 Å². The highest BCUT2D eigenvalue weighted by Crippen LogP contribution is 2.18. The lowest BCUT2D eigenvalue weighted by Gasteiger charge is -2.03. The largest absolute Gasteiger partial charge is 0.355 e. The molecule has 3 aromatic rings. The van der Waals surface area contributed by atoms with Gasteiger partial charge >= 0.3 is 0 Å². The Morgan fingerprint density at radius 1 is 1.22 bits per heavy atom. The number of aromatic nitrogens is 2. The molecule has 5 nitrogen and oxygen atoms in total. The monoisotopic (exact) mass is 327 g/mol. The minimum Gasteiger partial charge on any atom is -0.355 e. The first-order valence-corrected chi connectivity index (χ1v) is 7.50. The van der Waals surface area contributed by atoms with E-state index >= 15 is 0 Å². The van der Waals surface area contributed by atoms with Crippen LogP contribution in [0.2, 0.25) is 5.02 Å². The molecule has 0 atom stereocenters. The fourth-order valence-corrected chi connectivity index (χ4v) is 2.34. The summed E-state index contributed by atoms with van der Waals surface area (Å²) >= 11 is 5.93. The average molecular weight is 328 g/mol. The molecule has 0 fully saturated rings. The van der Waals surface area contributed by atoms with Crippen LogP contribution in [0.4, 0.5) is 0 Å². The summed E-state index contributed by atoms with van der Waals surface area (Å²) in [5.41, 5.74) is 2.09. The maximum absolute atomic E-state index is 12.1. The van der Waals surface area contributed by atoms with Gasteiger partial charge < -0.3 is 9.84 Å². The quantitative estimate of drug-likeness (QED) is 0.780. The summed E-state index contributed by atoms with van der Waals surface area (Å²) in [5, 5.41) is 7.29. The maximum Gasteiger partial charge on any atom is 0.273 e. The molecule has 0 saturated carbocycles. The molecule has 1 N–H and O–H groups in total. The Balaban J connectivity index is 1.58. The summed E-state index contributed by atoms with van der Waals surface area (Å²) < 4.78 is 5.18. The molecule has 116 valence electrons. The van der Waals surface area contributed by atoms with E-state index < -0.39 is 0 Å². The molecule has 2 aromatic heterocycles. The predicted octanol–water partition coefficient (Wildman–Crippen LogP) is 3.36. The first-order chi connectivity index (χ1) is 11.2. The van der Waals surface area contributed by atoms with Gasteiger partial charge in [0.1, 0.15) is 0 Å². The molecule has 0 spiro atoms. The molecule has 1 amide bonds. The number of amides is 1. The third-order valence-electron chi connectivity index (χ3n) is 3.28. The number of hydrogen-bond donors (Lipinski definition) is 1. The van der Waals surface area contributed by atoms with Crippen molar-refractivity contribution in [2.45, 2.75) is 6.42 Å². The van der Waals surface area contributed by atoms with Gasteiger partial charge in [-0.1, -0.05) is 28.9 Å². The Morgan fingerprint density at radius 3 is 2.91 bits per heavy atom. The van der Waals surface area contributed by atoms with Crippen molar-refractivity contribution in [1.82, 2.24) is 15.5 Å². The molecule has 23 heavy (non-hydrogen) atoms. The molecule has 0 aliphatic carbocycles. The standard InChI is InChI=1S/C17H14ClN3O2/c18-14-5-1-3-12(9-14)6-8-20-17(22)15-10-16(23-21-15)13-4-2-7-19-11-13/h1-5,7,9-11H,6,8H2,(H,20,22). The van der Waals surface area contributed by atoms with Gasteiger partial charge in [-0.2, -0.15) is 0 Å². The molecule has 0 unspecified atom stereocenters. The number of rotatable bonds is 5. The zero-order chi connectivity index (χ0) is 16.1. The number of carbonyl (C=O) groups excluding carboxylic acids is 1. The third-order valence-corrected chi connectivity index (χ3v) is 3.51. The number of halogens is 1. The lowest BCUT2D eigenvalue weighted by Crippen LogP contribution is -2.25. The smallest absolute Gasteiger partial charge is 0.273 e. The van der Waals surface area contributed by atoms with Gasteiger partial charge in [0, 0.05) is 35.6 Å². The molecule has 0 bridgehead atoms. The molecule has 3 rings (SSSR count). The van der Waals surface area contributed by atoms with Gasteiger partial charge in [0.2, 0.25) is 0 Å². The molecule has 0 radical (unpaired) electrons. The van der Waals surface area contributed by atoms with E-state index in [1.54, 1.807) is 24.5 Å². The zero-order valence-corrected chi connectivity index (χ0v) is 13.0. The Bertz CT molecular complexity index is 802. The lowest BCUT2D eigenvalue weighted by molar-refractivity contribution is 0.0945. The van der Waals surface area contributed by atoms with Crippen LogP contribution in [0.3, 0.4) is 0 Å². The van der Waals surface area contributed by atoms with Gasteiger partial charge in [0.05, 0.1) is 0 Å². The van der Waals surface area contributed by atoms with Crippen molar-refractivity contribution in [2.24, 2.45) is 0 Å². The predicted molar refractivity (Wildman–Crippen MR) is 87.2 cm³/mol. The van der Waals surface area contributed by atoms with Crippen molar-refractivity contribution in [1.29, 1.82) is 0 Å². The van der Waals surface area contributed by atoms with Crippen molar-refractivity contribution in [3.63, 3.8) is 0 Å². The van der Waals surface area contributed by atoms with Crippen LogP contribution < -0.4 is 5.32 Å². The van der Waals surface area contributed by atoms with Crippen LogP contribution in [0.5, 0.6) is 0 Å². The Hall–Kier alpha value is -2.66. The van der Waals surface area contributed by atoms with Crippen molar-refractivity contribution in [3.05, 3.63) is 71.1 Å². The fraction of sp³-hybridized carbons (Fsp3) is 0.118. The molecule has 1 aromatic carbocycles. The van der Waals surface area contributed by atoms with Crippen LogP contribution in [-0.4, -0.2) is 22.6 Å². The first kappa shape index (κ1) is 15.2. The van der Waals surface area contributed by atoms with E-state index in [4.69, 9.17) is 16.1 Å².